The second-order valence-corrected chi connectivity index (χ2v) is 7.86. The molecule has 2 atom stereocenters. The summed E-state index contributed by atoms with van der Waals surface area (Å²) in [6.07, 6.45) is -3.46. The van der Waals surface area contributed by atoms with Crippen molar-refractivity contribution >= 4 is 0 Å². The maximum Gasteiger partial charge on any atom is 0.422 e. The third kappa shape index (κ3) is 6.20. The lowest BCUT2D eigenvalue weighted by Gasteiger charge is -2.30. The lowest BCUT2D eigenvalue weighted by molar-refractivity contribution is -0.141. The highest BCUT2D eigenvalue weighted by Crippen LogP contribution is 2.42. The van der Waals surface area contributed by atoms with Crippen LogP contribution in [0.1, 0.15) is 61.0 Å². The van der Waals surface area contributed by atoms with Crippen LogP contribution in [0.15, 0.2) is 36.4 Å². The van der Waals surface area contributed by atoms with Crippen LogP contribution < -0.4 is 4.74 Å². The molecule has 1 aliphatic heterocycles. The maximum atomic E-state index is 14.9. The van der Waals surface area contributed by atoms with Gasteiger partial charge in [-0.05, 0) is 43.9 Å². The van der Waals surface area contributed by atoms with Crippen LogP contribution in [0.2, 0.25) is 0 Å². The normalized spacial score (nSPS) is 19.4. The van der Waals surface area contributed by atoms with Gasteiger partial charge in [-0.25, -0.2) is 4.39 Å². The van der Waals surface area contributed by atoms with E-state index in [1.807, 2.05) is 38.1 Å². The van der Waals surface area contributed by atoms with E-state index in [1.165, 1.54) is 12.1 Å². The summed E-state index contributed by atoms with van der Waals surface area (Å²) in [5, 5.41) is 0. The first-order chi connectivity index (χ1) is 14.8. The van der Waals surface area contributed by atoms with E-state index in [4.69, 9.17) is 14.2 Å². The van der Waals surface area contributed by atoms with Crippen molar-refractivity contribution < 1.29 is 31.8 Å². The average Bonchev–Trinajstić information content (AvgIpc) is 2.73. The Morgan fingerprint density at radius 3 is 2.42 bits per heavy atom. The molecule has 0 radical (unpaired) electrons. The lowest BCUT2D eigenvalue weighted by Crippen LogP contribution is -2.28. The Labute approximate surface area is 180 Å². The van der Waals surface area contributed by atoms with Crippen molar-refractivity contribution in [3.63, 3.8) is 0 Å². The molecule has 3 nitrogen and oxygen atoms in total. The number of ether oxygens (including phenoxy) is 3. The first-order valence-corrected chi connectivity index (χ1v) is 10.6. The van der Waals surface area contributed by atoms with Gasteiger partial charge in [0.1, 0.15) is 17.1 Å². The molecule has 0 bridgehead atoms. The van der Waals surface area contributed by atoms with E-state index in [2.05, 4.69) is 0 Å². The molecule has 1 aliphatic rings. The molecule has 7 heteroatoms. The van der Waals surface area contributed by atoms with Gasteiger partial charge >= 0.3 is 6.18 Å². The Morgan fingerprint density at radius 1 is 1.06 bits per heavy atom. The molecule has 2 aromatic carbocycles. The summed E-state index contributed by atoms with van der Waals surface area (Å²) in [5.74, 6) is -1.79. The molecule has 2 unspecified atom stereocenters. The second kappa shape index (κ2) is 10.5. The topological polar surface area (TPSA) is 27.7 Å². The van der Waals surface area contributed by atoms with Gasteiger partial charge in [0.15, 0.2) is 0 Å². The van der Waals surface area contributed by atoms with E-state index in [9.17, 15) is 17.6 Å². The van der Waals surface area contributed by atoms with Crippen LogP contribution in [0.3, 0.4) is 0 Å². The fourth-order valence-corrected chi connectivity index (χ4v) is 3.54. The minimum atomic E-state index is -4.85. The second-order valence-electron chi connectivity index (χ2n) is 7.86. The van der Waals surface area contributed by atoms with Crippen molar-refractivity contribution in [2.45, 2.75) is 64.5 Å². The molecular weight excluding hydrogens is 412 g/mol. The number of aryl methyl sites for hydroxylation is 1. The highest BCUT2D eigenvalue weighted by Gasteiger charge is 2.40. The minimum Gasteiger partial charge on any atom is -0.493 e. The van der Waals surface area contributed by atoms with Gasteiger partial charge in [-0.2, -0.15) is 13.2 Å². The van der Waals surface area contributed by atoms with Crippen LogP contribution in [0.25, 0.3) is 0 Å². The number of hydrogen-bond acceptors (Lipinski definition) is 3. The molecule has 0 spiro atoms. The number of unbranched alkanes of at least 4 members (excludes halogenated alkanes) is 1. The molecule has 1 saturated heterocycles. The van der Waals surface area contributed by atoms with Crippen molar-refractivity contribution in [2.75, 3.05) is 13.2 Å². The zero-order valence-electron chi connectivity index (χ0n) is 17.8. The summed E-state index contributed by atoms with van der Waals surface area (Å²) in [6, 6.07) is 10.5. The zero-order valence-corrected chi connectivity index (χ0v) is 17.8. The molecular formula is C24H28F4O3. The van der Waals surface area contributed by atoms with Crippen LogP contribution in [0.4, 0.5) is 17.6 Å². The molecule has 0 aliphatic carbocycles. The van der Waals surface area contributed by atoms with Gasteiger partial charge in [0.05, 0.1) is 32.0 Å². The number of benzene rings is 2. The van der Waals surface area contributed by atoms with Gasteiger partial charge < -0.3 is 14.2 Å². The SMILES string of the molecule is CCCCOc1ccc(C2CCC(OCc3ccc(C)cc3)CO2)c(F)c1C(F)(F)F. The summed E-state index contributed by atoms with van der Waals surface area (Å²) in [5.41, 5.74) is 0.747. The first-order valence-electron chi connectivity index (χ1n) is 10.6. The van der Waals surface area contributed by atoms with Crippen molar-refractivity contribution in [1.82, 2.24) is 0 Å². The maximum absolute atomic E-state index is 14.9. The summed E-state index contributed by atoms with van der Waals surface area (Å²) in [7, 11) is 0. The molecule has 0 amide bonds. The zero-order chi connectivity index (χ0) is 22.4. The Bertz CT molecular complexity index is 841. The summed E-state index contributed by atoms with van der Waals surface area (Å²) in [6.45, 7) is 4.64. The van der Waals surface area contributed by atoms with Crippen LogP contribution in [0, 0.1) is 12.7 Å². The smallest absolute Gasteiger partial charge is 0.422 e. The molecule has 31 heavy (non-hydrogen) atoms. The van der Waals surface area contributed by atoms with Crippen LogP contribution in [-0.2, 0) is 22.3 Å². The van der Waals surface area contributed by atoms with Gasteiger partial charge in [0, 0.05) is 5.56 Å². The van der Waals surface area contributed by atoms with Gasteiger partial charge in [-0.1, -0.05) is 43.2 Å². The molecule has 0 aromatic heterocycles. The third-order valence-electron chi connectivity index (χ3n) is 5.36. The van der Waals surface area contributed by atoms with E-state index >= 15 is 0 Å². The van der Waals surface area contributed by atoms with Gasteiger partial charge in [0.2, 0.25) is 0 Å². The fraction of sp³-hybridized carbons (Fsp3) is 0.500. The van der Waals surface area contributed by atoms with Crippen molar-refractivity contribution in [3.8, 4) is 5.75 Å². The number of hydrogen-bond donors (Lipinski definition) is 0. The molecule has 0 saturated carbocycles. The minimum absolute atomic E-state index is 0.0906. The molecule has 1 heterocycles. The summed E-state index contributed by atoms with van der Waals surface area (Å²) < 4.78 is 72.3. The number of rotatable bonds is 8. The van der Waals surface area contributed by atoms with Crippen LogP contribution in [0.5, 0.6) is 5.75 Å². The van der Waals surface area contributed by atoms with Crippen LogP contribution in [-0.4, -0.2) is 19.3 Å². The van der Waals surface area contributed by atoms with E-state index in [0.29, 0.717) is 25.9 Å². The predicted molar refractivity (Wildman–Crippen MR) is 109 cm³/mol. The van der Waals surface area contributed by atoms with Gasteiger partial charge in [-0.15, -0.1) is 0 Å². The summed E-state index contributed by atoms with van der Waals surface area (Å²) in [4.78, 5) is 0. The first kappa shape index (κ1) is 23.5. The van der Waals surface area contributed by atoms with E-state index in [1.54, 1.807) is 0 Å². The fourth-order valence-electron chi connectivity index (χ4n) is 3.54. The highest BCUT2D eigenvalue weighted by molar-refractivity contribution is 5.42. The number of halogens is 4. The van der Waals surface area contributed by atoms with E-state index in [0.717, 1.165) is 17.5 Å². The number of alkyl halides is 3. The molecule has 3 rings (SSSR count). The largest absolute Gasteiger partial charge is 0.493 e. The molecule has 2 aromatic rings. The Morgan fingerprint density at radius 2 is 1.81 bits per heavy atom. The predicted octanol–water partition coefficient (Wildman–Crippen LogP) is 6.77. The van der Waals surface area contributed by atoms with Gasteiger partial charge in [0.25, 0.3) is 0 Å². The quantitative estimate of drug-likeness (QED) is 0.335. The average molecular weight is 440 g/mol. The third-order valence-corrected chi connectivity index (χ3v) is 5.36. The molecule has 0 N–H and O–H groups in total. The van der Waals surface area contributed by atoms with Crippen molar-refractivity contribution in [2.24, 2.45) is 0 Å². The highest BCUT2D eigenvalue weighted by atomic mass is 19.4. The Hall–Kier alpha value is -2.12. The Balaban J connectivity index is 1.64. The lowest BCUT2D eigenvalue weighted by atomic mass is 9.97. The van der Waals surface area contributed by atoms with Gasteiger partial charge in [-0.3, -0.25) is 0 Å². The standard InChI is InChI=1S/C24H28F4O3/c1-3-4-13-29-21-12-10-19(23(25)22(21)24(26,27)28)20-11-9-18(15-31-20)30-14-17-7-5-16(2)6-8-17/h5-8,10,12,18,20H,3-4,9,11,13-15H2,1-2H3. The Kier molecular flexibility index (Phi) is 7.94. The summed E-state index contributed by atoms with van der Waals surface area (Å²) >= 11 is 0. The monoisotopic (exact) mass is 440 g/mol. The molecule has 170 valence electrons. The van der Waals surface area contributed by atoms with Crippen molar-refractivity contribution in [1.29, 1.82) is 0 Å². The van der Waals surface area contributed by atoms with E-state index < -0.39 is 29.4 Å². The molecule has 1 fully saturated rings. The van der Waals surface area contributed by atoms with Crippen LogP contribution >= 0.6 is 0 Å². The van der Waals surface area contributed by atoms with Crippen molar-refractivity contribution in [3.05, 3.63) is 64.5 Å². The van der Waals surface area contributed by atoms with E-state index in [-0.39, 0.29) is 24.9 Å².